The van der Waals surface area contributed by atoms with E-state index in [0.29, 0.717) is 30.0 Å². The number of fused-ring (bicyclic) bond motifs is 1. The fourth-order valence-electron chi connectivity index (χ4n) is 6.38. The molecule has 2 saturated carbocycles. The van der Waals surface area contributed by atoms with Crippen molar-refractivity contribution in [3.05, 3.63) is 71.4 Å². The molecular formula is C33H33FN6O5. The summed E-state index contributed by atoms with van der Waals surface area (Å²) >= 11 is 0. The molecule has 3 heterocycles. The summed E-state index contributed by atoms with van der Waals surface area (Å²) in [5, 5.41) is 15.6. The number of carboxylic acids is 1. The molecule has 2 aliphatic carbocycles. The molecule has 232 valence electrons. The molecule has 3 aromatic heterocycles. The maximum Gasteiger partial charge on any atom is 0.328 e. The van der Waals surface area contributed by atoms with Gasteiger partial charge in [0.1, 0.15) is 17.1 Å². The van der Waals surface area contributed by atoms with Crippen molar-refractivity contribution in [2.45, 2.75) is 56.4 Å². The Morgan fingerprint density at radius 2 is 1.87 bits per heavy atom. The zero-order chi connectivity index (χ0) is 31.7. The number of pyridine rings is 1. The first-order valence-electron chi connectivity index (χ1n) is 14.9. The van der Waals surface area contributed by atoms with Crippen LogP contribution in [0.15, 0.2) is 48.8 Å². The lowest BCUT2D eigenvalue weighted by Gasteiger charge is -2.40. The average molecular weight is 613 g/mol. The standard InChI is InChI=1S/C33H33FN6O5/c1-40-25-16-20(8-10-22(25)28(19-6-3-4-7-19)29(40)23-11-9-21(34)17-35-23)30(43)39-33(14-5-15-33)32(44)38-26-18-36-24(12-13-27(41)42)31(37-26)45-2/h8-13,16-19H,3-7,14-15H2,1-2H3,(H,39,43)(H,41,42)(H,37,38,44)/b13-12+. The third-order valence-corrected chi connectivity index (χ3v) is 8.82. The number of benzene rings is 1. The van der Waals surface area contributed by atoms with Gasteiger partial charge in [-0.25, -0.2) is 14.2 Å². The third-order valence-electron chi connectivity index (χ3n) is 8.82. The number of aromatic nitrogens is 4. The van der Waals surface area contributed by atoms with Crippen LogP contribution in [0.5, 0.6) is 5.88 Å². The van der Waals surface area contributed by atoms with Crippen LogP contribution < -0.4 is 15.4 Å². The first-order valence-corrected chi connectivity index (χ1v) is 14.9. The number of anilines is 1. The molecule has 3 N–H and O–H groups in total. The highest BCUT2D eigenvalue weighted by atomic mass is 19.1. The van der Waals surface area contributed by atoms with Crippen LogP contribution in [-0.2, 0) is 16.6 Å². The monoisotopic (exact) mass is 612 g/mol. The van der Waals surface area contributed by atoms with Crippen LogP contribution in [0.2, 0.25) is 0 Å². The lowest BCUT2D eigenvalue weighted by molar-refractivity contribution is -0.131. The van der Waals surface area contributed by atoms with Crippen LogP contribution in [0.25, 0.3) is 28.4 Å². The van der Waals surface area contributed by atoms with E-state index >= 15 is 0 Å². The summed E-state index contributed by atoms with van der Waals surface area (Å²) in [6, 6.07) is 8.67. The number of aliphatic carboxylic acids is 1. The highest BCUT2D eigenvalue weighted by Crippen LogP contribution is 2.44. The summed E-state index contributed by atoms with van der Waals surface area (Å²) in [7, 11) is 3.29. The van der Waals surface area contributed by atoms with E-state index in [1.807, 2.05) is 23.7 Å². The number of hydrogen-bond acceptors (Lipinski definition) is 7. The Hall–Kier alpha value is -5.13. The summed E-state index contributed by atoms with van der Waals surface area (Å²) in [6.45, 7) is 0. The second kappa shape index (κ2) is 12.1. The lowest BCUT2D eigenvalue weighted by Crippen LogP contribution is -2.61. The van der Waals surface area contributed by atoms with E-state index in [2.05, 4.69) is 25.6 Å². The van der Waals surface area contributed by atoms with Crippen molar-refractivity contribution in [2.75, 3.05) is 12.4 Å². The molecule has 0 unspecified atom stereocenters. The van der Waals surface area contributed by atoms with Crippen LogP contribution in [0.3, 0.4) is 0 Å². The molecule has 2 aliphatic rings. The number of carbonyl (C=O) groups excluding carboxylic acids is 2. The van der Waals surface area contributed by atoms with Gasteiger partial charge in [-0.15, -0.1) is 0 Å². The average Bonchev–Trinajstić information content (AvgIpc) is 3.64. The molecule has 0 saturated heterocycles. The van der Waals surface area contributed by atoms with Crippen LogP contribution >= 0.6 is 0 Å². The molecule has 4 aromatic rings. The van der Waals surface area contributed by atoms with Gasteiger partial charge < -0.3 is 25.0 Å². The molecule has 45 heavy (non-hydrogen) atoms. The molecule has 2 fully saturated rings. The van der Waals surface area contributed by atoms with Crippen molar-refractivity contribution in [2.24, 2.45) is 7.05 Å². The molecule has 12 heteroatoms. The van der Waals surface area contributed by atoms with Crippen molar-refractivity contribution in [1.82, 2.24) is 24.8 Å². The number of methoxy groups -OCH3 is 1. The molecular weight excluding hydrogens is 579 g/mol. The molecule has 11 nitrogen and oxygen atoms in total. The summed E-state index contributed by atoms with van der Waals surface area (Å²) in [5.74, 6) is -1.86. The predicted octanol–water partition coefficient (Wildman–Crippen LogP) is 5.22. The maximum absolute atomic E-state index is 13.7. The molecule has 0 aliphatic heterocycles. The van der Waals surface area contributed by atoms with Crippen molar-refractivity contribution >= 4 is 40.6 Å². The molecule has 0 spiro atoms. The zero-order valence-corrected chi connectivity index (χ0v) is 25.0. The Morgan fingerprint density at radius 3 is 2.51 bits per heavy atom. The molecule has 2 amide bonds. The predicted molar refractivity (Wildman–Crippen MR) is 165 cm³/mol. The van der Waals surface area contributed by atoms with Gasteiger partial charge in [0.25, 0.3) is 11.8 Å². The van der Waals surface area contributed by atoms with Crippen LogP contribution in [0.4, 0.5) is 10.2 Å². The van der Waals surface area contributed by atoms with Gasteiger partial charge in [-0.2, -0.15) is 4.98 Å². The Morgan fingerprint density at radius 1 is 1.09 bits per heavy atom. The number of amides is 2. The second-order valence-electron chi connectivity index (χ2n) is 11.6. The molecule has 0 atom stereocenters. The summed E-state index contributed by atoms with van der Waals surface area (Å²) < 4.78 is 21.0. The highest BCUT2D eigenvalue weighted by Gasteiger charge is 2.46. The largest absolute Gasteiger partial charge is 0.479 e. The minimum absolute atomic E-state index is 0.0417. The topological polar surface area (TPSA) is 148 Å². The van der Waals surface area contributed by atoms with E-state index in [0.717, 1.165) is 54.8 Å². The second-order valence-corrected chi connectivity index (χ2v) is 11.6. The number of aryl methyl sites for hydroxylation is 1. The Balaban J connectivity index is 1.27. The van der Waals surface area contributed by atoms with Crippen LogP contribution in [0, 0.1) is 5.82 Å². The normalized spacial score (nSPS) is 16.1. The quantitative estimate of drug-likeness (QED) is 0.218. The first kappa shape index (κ1) is 29.9. The van der Waals surface area contributed by atoms with Gasteiger partial charge in [0.05, 0.1) is 30.9 Å². The van der Waals surface area contributed by atoms with Crippen LogP contribution in [-0.4, -0.2) is 55.1 Å². The fraction of sp³-hybridized carbons (Fsp3) is 0.333. The van der Waals surface area contributed by atoms with Gasteiger partial charge in [-0.3, -0.25) is 14.6 Å². The number of nitrogens with one attached hydrogen (secondary N) is 2. The third kappa shape index (κ3) is 5.75. The van der Waals surface area contributed by atoms with E-state index in [1.165, 1.54) is 37.2 Å². The van der Waals surface area contributed by atoms with Crippen molar-refractivity contribution in [3.63, 3.8) is 0 Å². The van der Waals surface area contributed by atoms with Gasteiger partial charge in [-0.1, -0.05) is 18.9 Å². The van der Waals surface area contributed by atoms with E-state index < -0.39 is 23.2 Å². The van der Waals surface area contributed by atoms with E-state index in [1.54, 1.807) is 12.1 Å². The molecule has 0 bridgehead atoms. The SMILES string of the molecule is COc1nc(NC(=O)C2(NC(=O)c3ccc4c(C5CCCC5)c(-c5ccc(F)cn5)n(C)c4c3)CCC2)cnc1/C=C/C(=O)O. The molecule has 0 radical (unpaired) electrons. The Labute approximate surface area is 258 Å². The summed E-state index contributed by atoms with van der Waals surface area (Å²) in [4.78, 5) is 50.7. The van der Waals surface area contributed by atoms with Gasteiger partial charge in [0, 0.05) is 29.6 Å². The van der Waals surface area contributed by atoms with E-state index in [-0.39, 0.29) is 23.3 Å². The minimum atomic E-state index is -1.15. The highest BCUT2D eigenvalue weighted by molar-refractivity contribution is 6.05. The number of carbonyl (C=O) groups is 3. The summed E-state index contributed by atoms with van der Waals surface area (Å²) in [6.07, 6.45) is 10.8. The number of ether oxygens (including phenoxy) is 1. The Bertz CT molecular complexity index is 1820. The maximum atomic E-state index is 13.7. The molecule has 6 rings (SSSR count). The zero-order valence-electron chi connectivity index (χ0n) is 25.0. The number of hydrogen-bond donors (Lipinski definition) is 3. The van der Waals surface area contributed by atoms with Crippen LogP contribution in [0.1, 0.15) is 72.5 Å². The smallest absolute Gasteiger partial charge is 0.328 e. The van der Waals surface area contributed by atoms with Gasteiger partial charge in [0.2, 0.25) is 5.88 Å². The number of nitrogens with zero attached hydrogens (tertiary/aromatic N) is 4. The lowest BCUT2D eigenvalue weighted by atomic mass is 9.75. The van der Waals surface area contributed by atoms with Crippen molar-refractivity contribution < 1.29 is 28.6 Å². The Kier molecular flexibility index (Phi) is 8.05. The summed E-state index contributed by atoms with van der Waals surface area (Å²) in [5.41, 5.74) is 3.10. The van der Waals surface area contributed by atoms with Crippen molar-refractivity contribution in [3.8, 4) is 17.3 Å². The molecule has 1 aromatic carbocycles. The van der Waals surface area contributed by atoms with E-state index in [4.69, 9.17) is 9.84 Å². The van der Waals surface area contributed by atoms with Gasteiger partial charge >= 0.3 is 5.97 Å². The first-order chi connectivity index (χ1) is 21.7. The number of carboxylic acid groups (broad SMARTS) is 1. The number of rotatable bonds is 9. The number of halogens is 1. The van der Waals surface area contributed by atoms with Crippen molar-refractivity contribution in [1.29, 1.82) is 0 Å². The van der Waals surface area contributed by atoms with Gasteiger partial charge in [-0.05, 0) is 73.9 Å². The fourth-order valence-corrected chi connectivity index (χ4v) is 6.38. The van der Waals surface area contributed by atoms with E-state index in [9.17, 15) is 18.8 Å². The van der Waals surface area contributed by atoms with Gasteiger partial charge in [0.15, 0.2) is 5.82 Å². The minimum Gasteiger partial charge on any atom is -0.479 e.